The van der Waals surface area contributed by atoms with Gasteiger partial charge in [-0.1, -0.05) is 54.6 Å². The summed E-state index contributed by atoms with van der Waals surface area (Å²) in [5.41, 5.74) is 4.27. The van der Waals surface area contributed by atoms with Gasteiger partial charge in [0.15, 0.2) is 17.6 Å². The summed E-state index contributed by atoms with van der Waals surface area (Å²) in [4.78, 5) is 26.3. The maximum Gasteiger partial charge on any atom is 0.411 e. The van der Waals surface area contributed by atoms with Gasteiger partial charge in [0.25, 0.3) is 0 Å². The molecule has 0 bridgehead atoms. The molecular formula is C26H24FNO5. The molecule has 3 aromatic carbocycles. The number of phenols is 1. The molecule has 6 nitrogen and oxygen atoms in total. The summed E-state index contributed by atoms with van der Waals surface area (Å²) >= 11 is 0. The summed E-state index contributed by atoms with van der Waals surface area (Å²) < 4.78 is 19.6. The number of hydrogen-bond donors (Lipinski definition) is 2. The Balaban J connectivity index is 1.60. The van der Waals surface area contributed by atoms with Crippen LogP contribution in [0.4, 0.5) is 9.18 Å². The van der Waals surface area contributed by atoms with E-state index in [9.17, 15) is 24.2 Å². The van der Waals surface area contributed by atoms with Crippen molar-refractivity contribution in [1.82, 2.24) is 4.90 Å². The van der Waals surface area contributed by atoms with Crippen molar-refractivity contribution in [2.75, 3.05) is 6.61 Å². The van der Waals surface area contributed by atoms with Crippen LogP contribution in [0.15, 0.2) is 66.7 Å². The lowest BCUT2D eigenvalue weighted by Gasteiger charge is -2.32. The molecule has 0 spiro atoms. The Kier molecular flexibility index (Phi) is 6.05. The van der Waals surface area contributed by atoms with Crippen molar-refractivity contribution in [2.24, 2.45) is 0 Å². The molecule has 1 aliphatic carbocycles. The number of phenolic OH excluding ortho intramolecular Hbond substituents is 1. The number of carboxylic acids is 1. The molecule has 1 amide bonds. The summed E-state index contributed by atoms with van der Waals surface area (Å²) in [6, 6.07) is 17.1. The van der Waals surface area contributed by atoms with E-state index in [0.717, 1.165) is 39.3 Å². The third-order valence-electron chi connectivity index (χ3n) is 5.90. The number of hydrogen-bond acceptors (Lipinski definition) is 4. The van der Waals surface area contributed by atoms with Crippen molar-refractivity contribution in [3.05, 3.63) is 89.2 Å². The molecule has 33 heavy (non-hydrogen) atoms. The molecule has 0 radical (unpaired) electrons. The molecule has 0 aliphatic heterocycles. The van der Waals surface area contributed by atoms with Crippen LogP contribution in [-0.4, -0.2) is 39.8 Å². The Morgan fingerprint density at radius 3 is 2.09 bits per heavy atom. The Labute approximate surface area is 190 Å². The number of nitrogens with zero attached hydrogens (tertiary/aromatic N) is 1. The van der Waals surface area contributed by atoms with Crippen LogP contribution in [0, 0.1) is 5.82 Å². The Morgan fingerprint density at radius 1 is 1.00 bits per heavy atom. The highest BCUT2D eigenvalue weighted by molar-refractivity contribution is 5.82. The minimum absolute atomic E-state index is 0.0278. The number of carbonyl (C=O) groups excluding carboxylic acids is 1. The standard InChI is InChI=1S/C26H24FNO5/c1-15(2)28(24(25(30)31)16-11-12-23(29)22(27)13-16)26(32)33-14-21-19-9-5-3-7-17(19)18-8-4-6-10-20(18)21/h3-13,15,21,24,29H,14H2,1-2H3,(H,30,31). The summed E-state index contributed by atoms with van der Waals surface area (Å²) in [7, 11) is 0. The molecule has 0 aromatic heterocycles. The number of aliphatic carboxylic acids is 1. The molecule has 1 aliphatic rings. The second kappa shape index (κ2) is 8.94. The minimum atomic E-state index is -1.48. The van der Waals surface area contributed by atoms with Gasteiger partial charge in [-0.05, 0) is 53.8 Å². The van der Waals surface area contributed by atoms with Crippen LogP contribution < -0.4 is 0 Å². The number of benzene rings is 3. The molecule has 0 heterocycles. The SMILES string of the molecule is CC(C)N(C(=O)OCC1c2ccccc2-c2ccccc21)C(C(=O)O)c1ccc(O)c(F)c1. The van der Waals surface area contributed by atoms with E-state index in [4.69, 9.17) is 4.74 Å². The smallest absolute Gasteiger partial charge is 0.411 e. The molecule has 4 rings (SSSR count). The molecule has 0 saturated heterocycles. The van der Waals surface area contributed by atoms with E-state index in [1.807, 2.05) is 48.5 Å². The van der Waals surface area contributed by atoms with Gasteiger partial charge in [-0.2, -0.15) is 0 Å². The largest absolute Gasteiger partial charge is 0.505 e. The van der Waals surface area contributed by atoms with Crippen molar-refractivity contribution in [3.63, 3.8) is 0 Å². The van der Waals surface area contributed by atoms with Crippen LogP contribution in [0.5, 0.6) is 5.75 Å². The average molecular weight is 449 g/mol. The van der Waals surface area contributed by atoms with Crippen molar-refractivity contribution < 1.29 is 28.9 Å². The number of fused-ring (bicyclic) bond motifs is 3. The van der Waals surface area contributed by atoms with E-state index in [2.05, 4.69) is 0 Å². The maximum atomic E-state index is 13.9. The second-order valence-corrected chi connectivity index (χ2v) is 8.26. The lowest BCUT2D eigenvalue weighted by Crippen LogP contribution is -2.44. The fraction of sp³-hybridized carbons (Fsp3) is 0.231. The van der Waals surface area contributed by atoms with Gasteiger partial charge >= 0.3 is 12.1 Å². The molecule has 7 heteroatoms. The van der Waals surface area contributed by atoms with E-state index in [-0.39, 0.29) is 18.1 Å². The van der Waals surface area contributed by atoms with E-state index < -0.39 is 35.7 Å². The number of carbonyl (C=O) groups is 2. The zero-order valence-corrected chi connectivity index (χ0v) is 18.2. The van der Waals surface area contributed by atoms with Gasteiger partial charge in [-0.3, -0.25) is 4.90 Å². The second-order valence-electron chi connectivity index (χ2n) is 8.26. The molecular weight excluding hydrogens is 425 g/mol. The van der Waals surface area contributed by atoms with Gasteiger partial charge in [0, 0.05) is 12.0 Å². The van der Waals surface area contributed by atoms with Gasteiger partial charge in [0.05, 0.1) is 0 Å². The first-order valence-electron chi connectivity index (χ1n) is 10.6. The van der Waals surface area contributed by atoms with E-state index >= 15 is 0 Å². The van der Waals surface area contributed by atoms with Crippen LogP contribution in [-0.2, 0) is 9.53 Å². The highest BCUT2D eigenvalue weighted by atomic mass is 19.1. The van der Waals surface area contributed by atoms with Crippen LogP contribution in [0.25, 0.3) is 11.1 Å². The molecule has 3 aromatic rings. The Hall–Kier alpha value is -3.87. The molecule has 1 unspecified atom stereocenters. The van der Waals surface area contributed by atoms with Gasteiger partial charge in [0.1, 0.15) is 6.61 Å². The van der Waals surface area contributed by atoms with E-state index in [1.165, 1.54) is 6.07 Å². The van der Waals surface area contributed by atoms with Crippen molar-refractivity contribution in [3.8, 4) is 16.9 Å². The molecule has 0 saturated carbocycles. The zero-order valence-electron chi connectivity index (χ0n) is 18.2. The highest BCUT2D eigenvalue weighted by Gasteiger charge is 2.36. The van der Waals surface area contributed by atoms with Gasteiger partial charge < -0.3 is 14.9 Å². The fourth-order valence-electron chi connectivity index (χ4n) is 4.40. The normalized spacial score (nSPS) is 13.3. The van der Waals surface area contributed by atoms with Gasteiger partial charge in [-0.25, -0.2) is 14.0 Å². The zero-order chi connectivity index (χ0) is 23.7. The molecule has 170 valence electrons. The van der Waals surface area contributed by atoms with Crippen LogP contribution >= 0.6 is 0 Å². The van der Waals surface area contributed by atoms with Crippen LogP contribution in [0.1, 0.15) is 42.5 Å². The Morgan fingerprint density at radius 2 is 1.58 bits per heavy atom. The summed E-state index contributed by atoms with van der Waals surface area (Å²) in [5.74, 6) is -3.07. The lowest BCUT2D eigenvalue weighted by molar-refractivity contribution is -0.143. The summed E-state index contributed by atoms with van der Waals surface area (Å²) in [6.07, 6.45) is -0.812. The number of halogens is 1. The Bertz CT molecular complexity index is 1160. The maximum absolute atomic E-state index is 13.9. The predicted octanol–water partition coefficient (Wildman–Crippen LogP) is 5.32. The highest BCUT2D eigenvalue weighted by Crippen LogP contribution is 2.44. The summed E-state index contributed by atoms with van der Waals surface area (Å²) in [6.45, 7) is 3.36. The number of carboxylic acid groups (broad SMARTS) is 1. The lowest BCUT2D eigenvalue weighted by atomic mass is 9.98. The molecule has 0 fully saturated rings. The number of rotatable bonds is 6. The van der Waals surface area contributed by atoms with E-state index in [1.54, 1.807) is 13.8 Å². The van der Waals surface area contributed by atoms with Gasteiger partial charge in [0.2, 0.25) is 0 Å². The van der Waals surface area contributed by atoms with E-state index in [0.29, 0.717) is 0 Å². The predicted molar refractivity (Wildman–Crippen MR) is 120 cm³/mol. The first-order valence-corrected chi connectivity index (χ1v) is 10.6. The van der Waals surface area contributed by atoms with Crippen LogP contribution in [0.3, 0.4) is 0 Å². The molecule has 1 atom stereocenters. The van der Waals surface area contributed by atoms with Gasteiger partial charge in [-0.15, -0.1) is 0 Å². The van der Waals surface area contributed by atoms with Crippen LogP contribution in [0.2, 0.25) is 0 Å². The summed E-state index contributed by atoms with van der Waals surface area (Å²) in [5, 5.41) is 19.3. The minimum Gasteiger partial charge on any atom is -0.505 e. The number of aromatic hydroxyl groups is 1. The fourth-order valence-corrected chi connectivity index (χ4v) is 4.40. The first kappa shape index (κ1) is 22.3. The number of ether oxygens (including phenoxy) is 1. The number of amides is 1. The quantitative estimate of drug-likeness (QED) is 0.532. The van der Waals surface area contributed by atoms with Crippen molar-refractivity contribution in [2.45, 2.75) is 31.8 Å². The average Bonchev–Trinajstić information content (AvgIpc) is 3.11. The van der Waals surface area contributed by atoms with Crippen molar-refractivity contribution >= 4 is 12.1 Å². The topological polar surface area (TPSA) is 87.1 Å². The third-order valence-corrected chi connectivity index (χ3v) is 5.90. The van der Waals surface area contributed by atoms with Crippen molar-refractivity contribution in [1.29, 1.82) is 0 Å². The third kappa shape index (κ3) is 4.14. The monoisotopic (exact) mass is 449 g/mol. The molecule has 2 N–H and O–H groups in total. The first-order chi connectivity index (χ1) is 15.8.